The zero-order valence-corrected chi connectivity index (χ0v) is 21.6. The lowest BCUT2D eigenvalue weighted by Crippen LogP contribution is -2.52. The summed E-state index contributed by atoms with van der Waals surface area (Å²) in [6.07, 6.45) is 6.02. The van der Waals surface area contributed by atoms with E-state index in [2.05, 4.69) is 30.9 Å². The lowest BCUT2D eigenvalue weighted by Gasteiger charge is -2.29. The number of rotatable bonds is 8. The molecule has 0 spiro atoms. The zero-order chi connectivity index (χ0) is 25.7. The van der Waals surface area contributed by atoms with Crippen molar-refractivity contribution in [3.63, 3.8) is 0 Å². The predicted molar refractivity (Wildman–Crippen MR) is 139 cm³/mol. The van der Waals surface area contributed by atoms with Crippen molar-refractivity contribution in [3.05, 3.63) is 76.6 Å². The van der Waals surface area contributed by atoms with Crippen LogP contribution in [0.5, 0.6) is 0 Å². The molecule has 36 heavy (non-hydrogen) atoms. The Morgan fingerprint density at radius 2 is 2.00 bits per heavy atom. The van der Waals surface area contributed by atoms with Gasteiger partial charge in [-0.1, -0.05) is 23.5 Å². The molecule has 1 aliphatic rings. The fourth-order valence-corrected chi connectivity index (χ4v) is 4.92. The summed E-state index contributed by atoms with van der Waals surface area (Å²) >= 11 is 1.22. The number of nitrogens with zero attached hydrogens (tertiary/aromatic N) is 3. The van der Waals surface area contributed by atoms with Gasteiger partial charge >= 0.3 is 5.97 Å². The third-order valence-electron chi connectivity index (χ3n) is 5.15. The normalized spacial score (nSPS) is 16.6. The number of anilines is 1. The number of aliphatic imine (C=N–C) groups is 1. The maximum atomic E-state index is 12.2. The number of esters is 1. The van der Waals surface area contributed by atoms with Crippen molar-refractivity contribution in [2.75, 3.05) is 18.2 Å². The molecule has 1 aliphatic heterocycles. The third kappa shape index (κ3) is 6.26. The second kappa shape index (κ2) is 10.9. The summed E-state index contributed by atoms with van der Waals surface area (Å²) in [5, 5.41) is 10.4. The number of aryl methyl sites for hydroxylation is 1. The molecule has 1 atom stereocenters. The van der Waals surface area contributed by atoms with Crippen LogP contribution in [0.15, 0.2) is 64.8 Å². The second-order valence-corrected chi connectivity index (χ2v) is 11.0. The molecule has 3 N–H and O–H groups in total. The van der Waals surface area contributed by atoms with Crippen LogP contribution in [0, 0.1) is 6.92 Å². The molecule has 1 unspecified atom stereocenters. The molecule has 1 aromatic carbocycles. The van der Waals surface area contributed by atoms with Crippen LogP contribution in [-0.2, 0) is 21.1 Å². The van der Waals surface area contributed by atoms with Crippen LogP contribution in [-0.4, -0.2) is 49.3 Å². The molecule has 4 rings (SSSR count). The third-order valence-corrected chi connectivity index (χ3v) is 7.35. The number of thiazole rings is 1. The van der Waals surface area contributed by atoms with E-state index in [-0.39, 0.29) is 4.90 Å². The number of nitrogens with one attached hydrogen (secondary N) is 3. The standard InChI is InChI=1S/C24H26N6O4S2/c1-4-34-22(31)21-15(2)27-24(35-21)30-23-28-19(17-6-5-11-25-14-17)12-20(29-23)26-13-16-7-9-18(10-8-16)36(3,32)33/h5-12,14,23,28H,4,13H2,1-3H3,(H,26,29)(H,27,30). The molecule has 3 aromatic rings. The zero-order valence-electron chi connectivity index (χ0n) is 20.0. The molecule has 0 bridgehead atoms. The van der Waals surface area contributed by atoms with Crippen LogP contribution in [0.4, 0.5) is 5.13 Å². The Bertz CT molecular complexity index is 1400. The minimum Gasteiger partial charge on any atom is -0.462 e. The van der Waals surface area contributed by atoms with Gasteiger partial charge in [0.15, 0.2) is 21.3 Å². The van der Waals surface area contributed by atoms with Gasteiger partial charge in [-0.05, 0) is 43.7 Å². The quantitative estimate of drug-likeness (QED) is 0.379. The molecule has 2 aromatic heterocycles. The average molecular weight is 527 g/mol. The van der Waals surface area contributed by atoms with E-state index in [0.29, 0.717) is 34.7 Å². The van der Waals surface area contributed by atoms with E-state index in [1.807, 2.05) is 18.2 Å². The number of carbonyl (C=O) groups is 1. The van der Waals surface area contributed by atoms with E-state index in [1.54, 1.807) is 50.5 Å². The highest BCUT2D eigenvalue weighted by Crippen LogP contribution is 2.24. The molecule has 3 heterocycles. The van der Waals surface area contributed by atoms with Crippen LogP contribution in [0.2, 0.25) is 0 Å². The van der Waals surface area contributed by atoms with E-state index in [0.717, 1.165) is 16.8 Å². The molecule has 0 aliphatic carbocycles. The monoisotopic (exact) mass is 526 g/mol. The number of amidine groups is 1. The molecule has 188 valence electrons. The Morgan fingerprint density at radius 1 is 1.22 bits per heavy atom. The summed E-state index contributed by atoms with van der Waals surface area (Å²) in [7, 11) is -3.25. The fourth-order valence-electron chi connectivity index (χ4n) is 3.40. The molecule has 0 saturated carbocycles. The Morgan fingerprint density at radius 3 is 2.67 bits per heavy atom. The number of sulfone groups is 1. The molecule has 0 saturated heterocycles. The lowest BCUT2D eigenvalue weighted by molar-refractivity contribution is 0.0531. The Kier molecular flexibility index (Phi) is 7.65. The van der Waals surface area contributed by atoms with E-state index in [1.165, 1.54) is 17.6 Å². The highest BCUT2D eigenvalue weighted by molar-refractivity contribution is 7.90. The number of aromatic nitrogens is 2. The molecular weight excluding hydrogens is 500 g/mol. The topological polar surface area (TPSA) is 135 Å². The average Bonchev–Trinajstić information content (AvgIpc) is 3.23. The lowest BCUT2D eigenvalue weighted by atomic mass is 10.1. The summed E-state index contributed by atoms with van der Waals surface area (Å²) in [6.45, 7) is 4.16. The van der Waals surface area contributed by atoms with E-state index < -0.39 is 22.1 Å². The number of benzene rings is 1. The minimum atomic E-state index is -3.25. The maximum absolute atomic E-state index is 12.2. The van der Waals surface area contributed by atoms with Crippen molar-refractivity contribution in [1.29, 1.82) is 0 Å². The van der Waals surface area contributed by atoms with Crippen LogP contribution < -0.4 is 16.0 Å². The van der Waals surface area contributed by atoms with Crippen LogP contribution in [0.1, 0.15) is 33.4 Å². The van der Waals surface area contributed by atoms with Gasteiger partial charge in [-0.2, -0.15) is 0 Å². The van der Waals surface area contributed by atoms with Gasteiger partial charge in [0, 0.05) is 36.0 Å². The van der Waals surface area contributed by atoms with Crippen molar-refractivity contribution in [3.8, 4) is 0 Å². The van der Waals surface area contributed by atoms with Crippen LogP contribution in [0.3, 0.4) is 0 Å². The highest BCUT2D eigenvalue weighted by Gasteiger charge is 2.22. The van der Waals surface area contributed by atoms with Gasteiger partial charge in [0.2, 0.25) is 0 Å². The first-order chi connectivity index (χ1) is 17.2. The summed E-state index contributed by atoms with van der Waals surface area (Å²) in [6, 6.07) is 10.4. The Balaban J connectivity index is 1.55. The molecule has 12 heteroatoms. The number of carbonyl (C=O) groups excluding carboxylic acids is 1. The Labute approximate surface area is 213 Å². The number of hydrogen-bond acceptors (Lipinski definition) is 10. The summed E-state index contributed by atoms with van der Waals surface area (Å²) in [4.78, 5) is 26.2. The maximum Gasteiger partial charge on any atom is 0.350 e. The molecule has 0 amide bonds. The van der Waals surface area contributed by atoms with Gasteiger partial charge in [0.1, 0.15) is 10.7 Å². The van der Waals surface area contributed by atoms with E-state index >= 15 is 0 Å². The molecule has 10 nitrogen and oxygen atoms in total. The highest BCUT2D eigenvalue weighted by atomic mass is 32.2. The first kappa shape index (κ1) is 25.3. The van der Waals surface area contributed by atoms with Crippen molar-refractivity contribution in [2.24, 2.45) is 4.99 Å². The van der Waals surface area contributed by atoms with Gasteiger partial charge in [0.05, 0.1) is 23.7 Å². The molecule has 0 radical (unpaired) electrons. The van der Waals surface area contributed by atoms with Gasteiger partial charge < -0.3 is 20.7 Å². The van der Waals surface area contributed by atoms with Crippen molar-refractivity contribution in [1.82, 2.24) is 20.6 Å². The van der Waals surface area contributed by atoms with E-state index in [4.69, 9.17) is 4.74 Å². The largest absolute Gasteiger partial charge is 0.462 e. The van der Waals surface area contributed by atoms with Gasteiger partial charge in [-0.3, -0.25) is 9.98 Å². The van der Waals surface area contributed by atoms with Crippen molar-refractivity contribution >= 4 is 43.8 Å². The SMILES string of the molecule is CCOC(=O)c1sc(NC2NC(c3cccnc3)=CC(=NCc3ccc(S(C)(=O)=O)cc3)N2)nc1C. The van der Waals surface area contributed by atoms with Gasteiger partial charge in [-0.25, -0.2) is 18.2 Å². The minimum absolute atomic E-state index is 0.267. The predicted octanol–water partition coefficient (Wildman–Crippen LogP) is 2.95. The van der Waals surface area contributed by atoms with Gasteiger partial charge in [0.25, 0.3) is 0 Å². The number of hydrogen-bond donors (Lipinski definition) is 3. The van der Waals surface area contributed by atoms with Crippen LogP contribution in [0.25, 0.3) is 5.70 Å². The van der Waals surface area contributed by atoms with Crippen molar-refractivity contribution < 1.29 is 17.9 Å². The summed E-state index contributed by atoms with van der Waals surface area (Å²) in [5.74, 6) is 0.210. The molecule has 0 fully saturated rings. The first-order valence-corrected chi connectivity index (χ1v) is 13.8. The summed E-state index contributed by atoms with van der Waals surface area (Å²) < 4.78 is 28.5. The van der Waals surface area contributed by atoms with Gasteiger partial charge in [-0.15, -0.1) is 0 Å². The van der Waals surface area contributed by atoms with Crippen LogP contribution >= 0.6 is 11.3 Å². The summed E-state index contributed by atoms with van der Waals surface area (Å²) in [5.41, 5.74) is 3.12. The molecular formula is C24H26N6O4S2. The first-order valence-electron chi connectivity index (χ1n) is 11.1. The van der Waals surface area contributed by atoms with E-state index in [9.17, 15) is 13.2 Å². The number of ether oxygens (including phenoxy) is 1. The fraction of sp³-hybridized carbons (Fsp3) is 0.250. The number of pyridine rings is 1. The smallest absolute Gasteiger partial charge is 0.350 e. The van der Waals surface area contributed by atoms with Crippen molar-refractivity contribution in [2.45, 2.75) is 31.6 Å². The Hall–Kier alpha value is -3.77. The second-order valence-electron chi connectivity index (χ2n) is 7.94.